The smallest absolute Gasteiger partial charge is 0.322 e. The van der Waals surface area contributed by atoms with E-state index in [1.807, 2.05) is 0 Å². The first-order valence-electron chi connectivity index (χ1n) is 5.19. The van der Waals surface area contributed by atoms with Gasteiger partial charge in [-0.1, -0.05) is 0 Å². The average molecular weight is 222 g/mol. The van der Waals surface area contributed by atoms with Crippen LogP contribution in [0.2, 0.25) is 0 Å². The number of piperazine rings is 1. The van der Waals surface area contributed by atoms with E-state index in [4.69, 9.17) is 5.11 Å². The Morgan fingerprint density at radius 3 is 3.19 bits per heavy atom. The van der Waals surface area contributed by atoms with Gasteiger partial charge in [0.05, 0.1) is 5.69 Å². The van der Waals surface area contributed by atoms with Gasteiger partial charge in [0.2, 0.25) is 0 Å². The van der Waals surface area contributed by atoms with Gasteiger partial charge in [0.25, 0.3) is 0 Å². The maximum atomic E-state index is 10.8. The van der Waals surface area contributed by atoms with Gasteiger partial charge in [-0.05, 0) is 0 Å². The Hall–Kier alpha value is -1.53. The van der Waals surface area contributed by atoms with Crippen molar-refractivity contribution < 1.29 is 9.90 Å². The monoisotopic (exact) mass is 222 g/mol. The van der Waals surface area contributed by atoms with E-state index in [1.165, 1.54) is 0 Å². The molecule has 0 spiro atoms. The molecule has 2 N–H and O–H groups in total. The summed E-state index contributed by atoms with van der Waals surface area (Å²) in [5, 5.41) is 11.9. The van der Waals surface area contributed by atoms with Gasteiger partial charge in [-0.15, -0.1) is 0 Å². The normalized spacial score (nSPS) is 21.9. The van der Waals surface area contributed by atoms with E-state index in [0.717, 1.165) is 12.2 Å². The number of nitrogens with zero attached hydrogens (tertiary/aromatic N) is 3. The van der Waals surface area contributed by atoms with Crippen molar-refractivity contribution >= 4 is 5.97 Å². The first-order chi connectivity index (χ1) is 7.75. The molecule has 1 aliphatic heterocycles. The lowest BCUT2D eigenvalue weighted by Gasteiger charge is -2.31. The molecule has 0 amide bonds. The van der Waals surface area contributed by atoms with Gasteiger partial charge < -0.3 is 10.4 Å². The van der Waals surface area contributed by atoms with Crippen molar-refractivity contribution in [2.45, 2.75) is 12.6 Å². The number of rotatable bonds is 3. The molecule has 0 radical (unpaired) electrons. The van der Waals surface area contributed by atoms with E-state index in [9.17, 15) is 4.79 Å². The molecule has 0 aliphatic carbocycles. The summed E-state index contributed by atoms with van der Waals surface area (Å²) in [4.78, 5) is 21.1. The van der Waals surface area contributed by atoms with Crippen molar-refractivity contribution in [3.8, 4) is 0 Å². The van der Waals surface area contributed by atoms with E-state index in [2.05, 4.69) is 20.2 Å². The number of aliphatic carboxylic acids is 1. The summed E-state index contributed by atoms with van der Waals surface area (Å²) in [6, 6.07) is -0.481. The third kappa shape index (κ3) is 2.74. The fourth-order valence-electron chi connectivity index (χ4n) is 1.76. The van der Waals surface area contributed by atoms with Crippen molar-refractivity contribution in [1.82, 2.24) is 20.2 Å². The summed E-state index contributed by atoms with van der Waals surface area (Å²) in [5.74, 6) is -0.802. The van der Waals surface area contributed by atoms with Crippen LogP contribution >= 0.6 is 0 Å². The summed E-state index contributed by atoms with van der Waals surface area (Å²) in [6.45, 7) is 2.68. The fraction of sp³-hybridized carbons (Fsp3) is 0.500. The molecule has 1 aliphatic rings. The second kappa shape index (κ2) is 5.00. The third-order valence-electron chi connectivity index (χ3n) is 2.56. The molecule has 1 fully saturated rings. The van der Waals surface area contributed by atoms with Gasteiger partial charge in [-0.3, -0.25) is 19.7 Å². The molecule has 1 atom stereocenters. The molecule has 16 heavy (non-hydrogen) atoms. The van der Waals surface area contributed by atoms with Gasteiger partial charge in [-0.25, -0.2) is 0 Å². The van der Waals surface area contributed by atoms with Crippen molar-refractivity contribution in [2.75, 3.05) is 19.6 Å². The minimum absolute atomic E-state index is 0.481. The van der Waals surface area contributed by atoms with Crippen LogP contribution in [0.4, 0.5) is 0 Å². The number of hydrogen-bond acceptors (Lipinski definition) is 5. The van der Waals surface area contributed by atoms with Crippen molar-refractivity contribution in [1.29, 1.82) is 0 Å². The van der Waals surface area contributed by atoms with Crippen LogP contribution in [-0.4, -0.2) is 51.6 Å². The van der Waals surface area contributed by atoms with Gasteiger partial charge in [-0.2, -0.15) is 0 Å². The number of carboxylic acids is 1. The van der Waals surface area contributed by atoms with E-state index in [0.29, 0.717) is 19.6 Å². The molecule has 6 nitrogen and oxygen atoms in total. The maximum absolute atomic E-state index is 10.8. The van der Waals surface area contributed by atoms with E-state index in [-0.39, 0.29) is 0 Å². The third-order valence-corrected chi connectivity index (χ3v) is 2.56. The highest BCUT2D eigenvalue weighted by molar-refractivity contribution is 5.73. The maximum Gasteiger partial charge on any atom is 0.322 e. The standard InChI is InChI=1S/C10H14N4O2/c15-10(16)9-7-14(4-3-13-9)6-8-5-11-1-2-12-8/h1-2,5,9,13H,3-4,6-7H2,(H,15,16)/t9-/m0/s1. The summed E-state index contributed by atoms with van der Waals surface area (Å²) in [5.41, 5.74) is 0.869. The van der Waals surface area contributed by atoms with Crippen LogP contribution in [-0.2, 0) is 11.3 Å². The molecule has 1 aromatic heterocycles. The highest BCUT2D eigenvalue weighted by Crippen LogP contribution is 2.04. The summed E-state index contributed by atoms with van der Waals surface area (Å²) >= 11 is 0. The van der Waals surface area contributed by atoms with Crippen LogP contribution in [0.5, 0.6) is 0 Å². The molecule has 6 heteroatoms. The molecule has 0 bridgehead atoms. The van der Waals surface area contributed by atoms with Gasteiger partial charge >= 0.3 is 5.97 Å². The highest BCUT2D eigenvalue weighted by Gasteiger charge is 2.24. The topological polar surface area (TPSA) is 78.3 Å². The van der Waals surface area contributed by atoms with E-state index >= 15 is 0 Å². The summed E-state index contributed by atoms with van der Waals surface area (Å²) in [7, 11) is 0. The van der Waals surface area contributed by atoms with Gasteiger partial charge in [0.15, 0.2) is 0 Å². The van der Waals surface area contributed by atoms with Crippen LogP contribution in [0, 0.1) is 0 Å². The van der Waals surface area contributed by atoms with Gasteiger partial charge in [0, 0.05) is 44.8 Å². The minimum atomic E-state index is -0.802. The predicted molar refractivity (Wildman–Crippen MR) is 56.7 cm³/mol. The first kappa shape index (κ1) is 11.0. The molecule has 2 heterocycles. The van der Waals surface area contributed by atoms with Crippen molar-refractivity contribution in [3.05, 3.63) is 24.3 Å². The Morgan fingerprint density at radius 2 is 2.50 bits per heavy atom. The molecule has 86 valence electrons. The zero-order valence-corrected chi connectivity index (χ0v) is 8.83. The molecule has 1 aromatic rings. The quantitative estimate of drug-likeness (QED) is 0.706. The van der Waals surface area contributed by atoms with E-state index in [1.54, 1.807) is 18.6 Å². The van der Waals surface area contributed by atoms with Crippen molar-refractivity contribution in [2.24, 2.45) is 0 Å². The van der Waals surface area contributed by atoms with Crippen LogP contribution in [0.1, 0.15) is 5.69 Å². The lowest BCUT2D eigenvalue weighted by Crippen LogP contribution is -2.53. The summed E-state index contributed by atoms with van der Waals surface area (Å²) < 4.78 is 0. The Labute approximate surface area is 93.3 Å². The predicted octanol–water partition coefficient (Wildman–Crippen LogP) is -0.665. The minimum Gasteiger partial charge on any atom is -0.480 e. The zero-order chi connectivity index (χ0) is 11.4. The summed E-state index contributed by atoms with van der Waals surface area (Å²) in [6.07, 6.45) is 4.98. The number of nitrogens with one attached hydrogen (secondary N) is 1. The second-order valence-corrected chi connectivity index (χ2v) is 3.78. The first-order valence-corrected chi connectivity index (χ1v) is 5.19. The number of carboxylic acid groups (broad SMARTS) is 1. The Balaban J connectivity index is 1.93. The largest absolute Gasteiger partial charge is 0.480 e. The number of aromatic nitrogens is 2. The lowest BCUT2D eigenvalue weighted by molar-refractivity contribution is -0.140. The lowest BCUT2D eigenvalue weighted by atomic mass is 10.2. The molecule has 1 saturated heterocycles. The van der Waals surface area contributed by atoms with Crippen LogP contribution in [0.25, 0.3) is 0 Å². The average Bonchev–Trinajstić information content (AvgIpc) is 2.30. The Kier molecular flexibility index (Phi) is 3.43. The molecule has 0 unspecified atom stereocenters. The number of hydrogen-bond donors (Lipinski definition) is 2. The molecular formula is C10H14N4O2. The highest BCUT2D eigenvalue weighted by atomic mass is 16.4. The van der Waals surface area contributed by atoms with Crippen LogP contribution < -0.4 is 5.32 Å². The Bertz CT molecular complexity index is 357. The number of carbonyl (C=O) groups is 1. The molecule has 2 rings (SSSR count). The van der Waals surface area contributed by atoms with Crippen molar-refractivity contribution in [3.63, 3.8) is 0 Å². The second-order valence-electron chi connectivity index (χ2n) is 3.78. The zero-order valence-electron chi connectivity index (χ0n) is 8.83. The molecular weight excluding hydrogens is 208 g/mol. The van der Waals surface area contributed by atoms with E-state index < -0.39 is 12.0 Å². The Morgan fingerprint density at radius 1 is 1.62 bits per heavy atom. The fourth-order valence-corrected chi connectivity index (χ4v) is 1.76. The molecule has 0 aromatic carbocycles. The SMILES string of the molecule is O=C(O)[C@@H]1CN(Cc2cnccn2)CCN1. The van der Waals surface area contributed by atoms with Crippen LogP contribution in [0.3, 0.4) is 0 Å². The van der Waals surface area contributed by atoms with Gasteiger partial charge in [0.1, 0.15) is 6.04 Å². The van der Waals surface area contributed by atoms with Crippen LogP contribution in [0.15, 0.2) is 18.6 Å². The molecule has 0 saturated carbocycles.